The number of nitrogens with zero attached hydrogens (tertiary/aromatic N) is 2. The first-order valence-corrected chi connectivity index (χ1v) is 34.2. The first-order valence-electron chi connectivity index (χ1n) is 34.2. The fraction of sp³-hybridized carbons (Fsp3) is 0.0737. The molecular weight excluding hydrogens is 1170 g/mol. The molecule has 2 aromatic heterocycles. The van der Waals surface area contributed by atoms with Gasteiger partial charge >= 0.3 is 0 Å². The van der Waals surface area contributed by atoms with Gasteiger partial charge in [-0.3, -0.25) is 0 Å². The maximum atomic E-state index is 2.49. The zero-order valence-electron chi connectivity index (χ0n) is 54.6. The molecule has 0 fully saturated rings. The number of fused-ring (bicyclic) bond motifs is 22. The molecule has 14 aromatic carbocycles. The van der Waals surface area contributed by atoms with Gasteiger partial charge in [0.25, 0.3) is 0 Å². The number of aromatic nitrogens is 2. The van der Waals surface area contributed by atoms with E-state index in [1.807, 2.05) is 0 Å². The first-order chi connectivity index (χ1) is 47.6. The number of para-hydroxylation sites is 4. The lowest BCUT2D eigenvalue weighted by Gasteiger charge is -2.30. The average molecular weight is 1240 g/mol. The van der Waals surface area contributed by atoms with Gasteiger partial charge in [0.15, 0.2) is 0 Å². The Labute approximate surface area is 565 Å². The topological polar surface area (TPSA) is 9.86 Å². The van der Waals surface area contributed by atoms with Gasteiger partial charge in [-0.05, 0) is 218 Å². The van der Waals surface area contributed by atoms with E-state index in [9.17, 15) is 0 Å². The van der Waals surface area contributed by atoms with Crippen molar-refractivity contribution >= 4 is 67.9 Å². The predicted octanol–water partition coefficient (Wildman–Crippen LogP) is 24.5. The lowest BCUT2D eigenvalue weighted by atomic mass is 9.70. The summed E-state index contributed by atoms with van der Waals surface area (Å²) in [6, 6.07) is 114. The van der Waals surface area contributed by atoms with Crippen LogP contribution in [0.3, 0.4) is 0 Å². The molecule has 97 heavy (non-hydrogen) atoms. The van der Waals surface area contributed by atoms with Crippen LogP contribution in [0, 0.1) is 0 Å². The van der Waals surface area contributed by atoms with E-state index in [-0.39, 0.29) is 10.8 Å². The van der Waals surface area contributed by atoms with Crippen molar-refractivity contribution in [2.45, 2.75) is 43.9 Å². The van der Waals surface area contributed by atoms with E-state index in [1.165, 1.54) is 189 Å². The number of benzene rings is 14. The fourth-order valence-corrected chi connectivity index (χ4v) is 17.9. The predicted molar refractivity (Wildman–Crippen MR) is 408 cm³/mol. The Bertz CT molecular complexity index is 5740. The Morgan fingerprint density at radius 2 is 0.505 bits per heavy atom. The molecule has 0 saturated heterocycles. The summed E-state index contributed by atoms with van der Waals surface area (Å²) >= 11 is 0. The third-order valence-electron chi connectivity index (χ3n) is 22.5. The van der Waals surface area contributed by atoms with Gasteiger partial charge in [-0.2, -0.15) is 0 Å². The van der Waals surface area contributed by atoms with Gasteiger partial charge in [0, 0.05) is 43.7 Å². The zero-order valence-corrected chi connectivity index (χ0v) is 54.6. The molecule has 16 aromatic rings. The quantitative estimate of drug-likeness (QED) is 0.134. The minimum absolute atomic E-state index is 0.191. The number of hydrogen-bond acceptors (Lipinski definition) is 0. The molecule has 0 radical (unpaired) electrons. The molecule has 456 valence electrons. The van der Waals surface area contributed by atoms with Gasteiger partial charge in [-0.25, -0.2) is 0 Å². The van der Waals surface area contributed by atoms with E-state index in [2.05, 4.69) is 364 Å². The molecule has 0 aliphatic heterocycles. The Balaban J connectivity index is 0.605. The maximum absolute atomic E-state index is 2.49. The molecule has 0 atom stereocenters. The molecule has 0 bridgehead atoms. The third kappa shape index (κ3) is 8.02. The van der Waals surface area contributed by atoms with E-state index < -0.39 is 5.41 Å². The van der Waals surface area contributed by atoms with E-state index in [1.54, 1.807) is 0 Å². The van der Waals surface area contributed by atoms with Crippen molar-refractivity contribution in [3.8, 4) is 78.1 Å². The molecule has 4 aliphatic rings. The fourth-order valence-electron chi connectivity index (χ4n) is 17.9. The smallest absolute Gasteiger partial charge is 0.0725 e. The molecule has 0 amide bonds. The number of hydrogen-bond donors (Lipinski definition) is 0. The summed E-state index contributed by atoms with van der Waals surface area (Å²) in [6.45, 7) is 9.60. The Morgan fingerprint density at radius 3 is 0.918 bits per heavy atom. The van der Waals surface area contributed by atoms with Crippen molar-refractivity contribution in [1.29, 1.82) is 0 Å². The first kappa shape index (κ1) is 55.6. The molecule has 0 N–H and O–H groups in total. The lowest BCUT2D eigenvalue weighted by Crippen LogP contribution is -2.26. The van der Waals surface area contributed by atoms with Crippen molar-refractivity contribution in [2.24, 2.45) is 0 Å². The van der Waals surface area contributed by atoms with Crippen LogP contribution in [0.2, 0.25) is 0 Å². The van der Waals surface area contributed by atoms with Gasteiger partial charge in [-0.15, -0.1) is 0 Å². The highest BCUT2D eigenvalue weighted by molar-refractivity contribution is 6.12. The van der Waals surface area contributed by atoms with Crippen molar-refractivity contribution < 1.29 is 0 Å². The van der Waals surface area contributed by atoms with Gasteiger partial charge < -0.3 is 9.13 Å². The van der Waals surface area contributed by atoms with Crippen molar-refractivity contribution in [1.82, 2.24) is 9.13 Å². The van der Waals surface area contributed by atoms with Crippen LogP contribution in [0.25, 0.3) is 146 Å². The van der Waals surface area contributed by atoms with Crippen molar-refractivity contribution in [3.05, 3.63) is 370 Å². The second-order valence-corrected chi connectivity index (χ2v) is 28.3. The molecule has 2 heterocycles. The van der Waals surface area contributed by atoms with Gasteiger partial charge in [-0.1, -0.05) is 270 Å². The normalized spacial score (nSPS) is 14.6. The van der Waals surface area contributed by atoms with Crippen molar-refractivity contribution in [2.75, 3.05) is 0 Å². The van der Waals surface area contributed by atoms with Crippen LogP contribution in [0.15, 0.2) is 303 Å². The Hall–Kier alpha value is -11.8. The van der Waals surface area contributed by atoms with E-state index in [0.717, 1.165) is 0 Å². The highest BCUT2D eigenvalue weighted by atomic mass is 15.0. The van der Waals surface area contributed by atoms with Crippen LogP contribution in [-0.4, -0.2) is 9.13 Å². The van der Waals surface area contributed by atoms with Gasteiger partial charge in [0.2, 0.25) is 0 Å². The van der Waals surface area contributed by atoms with Crippen LogP contribution in [0.1, 0.15) is 94.5 Å². The average Bonchev–Trinajstić information content (AvgIpc) is 1.51. The minimum Gasteiger partial charge on any atom is -0.309 e. The SMILES string of the molecule is CC1(C)c2cc(C=Cc3ccc4c(c3)C3(c5ccccc5-c5ccccc53)c3cc(C=Cc5ccc6c(c5)C(C)(C)c5cc(-c7ccc8c(c7)c7ccccc7n8-c7ccccc7)ccc5-6)ccc3-4)ccc2-c2ccc(-c3ccc4c(c3)c3ccccc3n4-c3ccccc3)cc21. The molecule has 2 nitrogen and oxygen atoms in total. The van der Waals surface area contributed by atoms with Crippen LogP contribution in [-0.2, 0) is 16.2 Å². The summed E-state index contributed by atoms with van der Waals surface area (Å²) in [4.78, 5) is 0. The van der Waals surface area contributed by atoms with E-state index in [4.69, 9.17) is 0 Å². The lowest BCUT2D eigenvalue weighted by molar-refractivity contribution is 0.660. The maximum Gasteiger partial charge on any atom is 0.0725 e. The van der Waals surface area contributed by atoms with E-state index >= 15 is 0 Å². The summed E-state index contributed by atoms with van der Waals surface area (Å²) in [5, 5.41) is 5.07. The summed E-state index contributed by atoms with van der Waals surface area (Å²) in [5.74, 6) is 0. The van der Waals surface area contributed by atoms with Crippen LogP contribution in [0.5, 0.6) is 0 Å². The van der Waals surface area contributed by atoms with Gasteiger partial charge in [0.1, 0.15) is 0 Å². The monoisotopic (exact) mass is 1230 g/mol. The highest BCUT2D eigenvalue weighted by Crippen LogP contribution is 2.63. The molecule has 0 saturated carbocycles. The highest BCUT2D eigenvalue weighted by Gasteiger charge is 2.52. The summed E-state index contributed by atoms with van der Waals surface area (Å²) in [6.07, 6.45) is 9.32. The third-order valence-corrected chi connectivity index (χ3v) is 22.5. The summed E-state index contributed by atoms with van der Waals surface area (Å²) < 4.78 is 4.78. The standard InChI is InChI=1S/C95H66N2/c1-93(2)83-51-59(35-43-71(83)73-47-39-65(57-85(73)93)63-41-49-91-79(55-63)77-25-13-17-29-89(77)96(91)67-19-7-5-8-20-67)31-33-61-37-45-75-76-46-38-62(54-88(76)95(87(75)53-61)81-27-15-11-23-69(81)70-24-12-16-28-82(70)95)34-32-60-36-44-72-74-48-40-66(58-86(74)94(3,4)84(72)52-60)64-42-50-92-80(56-64)78-26-14-18-30-90(78)97(92)68-21-9-6-10-22-68/h5-58H,1-4H3. The molecule has 2 heteroatoms. The van der Waals surface area contributed by atoms with Crippen LogP contribution >= 0.6 is 0 Å². The molecule has 20 rings (SSSR count). The zero-order chi connectivity index (χ0) is 64.5. The molecular formula is C95H66N2. The van der Waals surface area contributed by atoms with Crippen LogP contribution < -0.4 is 0 Å². The van der Waals surface area contributed by atoms with Gasteiger partial charge in [0.05, 0.1) is 27.5 Å². The second kappa shape index (κ2) is 20.6. The largest absolute Gasteiger partial charge is 0.309 e. The minimum atomic E-state index is -0.490. The summed E-state index contributed by atoms with van der Waals surface area (Å²) in [7, 11) is 0. The van der Waals surface area contributed by atoms with E-state index in [0.29, 0.717) is 0 Å². The number of rotatable bonds is 8. The van der Waals surface area contributed by atoms with Crippen molar-refractivity contribution in [3.63, 3.8) is 0 Å². The Kier molecular flexibility index (Phi) is 11.8. The Morgan fingerprint density at radius 1 is 0.216 bits per heavy atom. The van der Waals surface area contributed by atoms with Crippen LogP contribution in [0.4, 0.5) is 0 Å². The molecule has 4 aliphatic carbocycles. The second-order valence-electron chi connectivity index (χ2n) is 28.3. The molecule has 0 unspecified atom stereocenters. The summed E-state index contributed by atoms with van der Waals surface area (Å²) in [5.41, 5.74) is 37.4. The molecule has 1 spiro atoms.